The van der Waals surface area contributed by atoms with Crippen molar-refractivity contribution in [3.63, 3.8) is 0 Å². The molecule has 5 rings (SSSR count). The fourth-order valence-electron chi connectivity index (χ4n) is 8.73. The Hall–Kier alpha value is -1.89. The van der Waals surface area contributed by atoms with Crippen molar-refractivity contribution >= 4 is 17.8 Å². The second-order valence-electron chi connectivity index (χ2n) is 11.4. The molecule has 7 nitrogen and oxygen atoms in total. The minimum absolute atomic E-state index is 0.0115. The van der Waals surface area contributed by atoms with E-state index in [0.717, 1.165) is 44.9 Å². The Balaban J connectivity index is 1.43. The first-order valence-corrected chi connectivity index (χ1v) is 12.6. The quantitative estimate of drug-likeness (QED) is 0.299. The number of allylic oxidation sites excluding steroid dienone is 1. The van der Waals surface area contributed by atoms with Crippen LogP contribution in [0.15, 0.2) is 11.6 Å². The highest BCUT2D eigenvalue weighted by atomic mass is 16.7. The van der Waals surface area contributed by atoms with E-state index in [-0.39, 0.29) is 29.5 Å². The van der Waals surface area contributed by atoms with Crippen molar-refractivity contribution < 1.29 is 28.6 Å². The third-order valence-corrected chi connectivity index (χ3v) is 10.3. The third kappa shape index (κ3) is 2.80. The summed E-state index contributed by atoms with van der Waals surface area (Å²) in [6.45, 7) is 8.02. The predicted octanol–water partition coefficient (Wildman–Crippen LogP) is 3.44. The summed E-state index contributed by atoms with van der Waals surface area (Å²) in [5, 5.41) is 0. The Labute approximate surface area is 195 Å². The van der Waals surface area contributed by atoms with Gasteiger partial charge in [-0.15, -0.1) is 0 Å². The molecule has 0 aromatic carbocycles. The molecule has 1 aliphatic heterocycles. The van der Waals surface area contributed by atoms with Crippen molar-refractivity contribution in [1.82, 2.24) is 0 Å². The van der Waals surface area contributed by atoms with Crippen LogP contribution in [0.25, 0.3) is 0 Å². The number of hydrogen-bond donors (Lipinski definition) is 1. The van der Waals surface area contributed by atoms with Crippen LogP contribution >= 0.6 is 0 Å². The van der Waals surface area contributed by atoms with Crippen LogP contribution in [0.5, 0.6) is 0 Å². The molecule has 0 unspecified atom stereocenters. The van der Waals surface area contributed by atoms with Crippen LogP contribution in [-0.4, -0.2) is 41.8 Å². The number of carbonyl (C=O) groups is 3. The molecule has 1 amide bonds. The molecule has 1 heterocycles. The van der Waals surface area contributed by atoms with Gasteiger partial charge in [0.15, 0.2) is 0 Å². The van der Waals surface area contributed by atoms with Crippen molar-refractivity contribution in [3.05, 3.63) is 11.6 Å². The van der Waals surface area contributed by atoms with E-state index in [2.05, 4.69) is 19.9 Å². The summed E-state index contributed by atoms with van der Waals surface area (Å²) in [6, 6.07) is 0. The van der Waals surface area contributed by atoms with Crippen LogP contribution in [0.4, 0.5) is 0 Å². The van der Waals surface area contributed by atoms with Crippen LogP contribution in [-0.2, 0) is 28.6 Å². The highest BCUT2D eigenvalue weighted by Crippen LogP contribution is 2.75. The van der Waals surface area contributed by atoms with Gasteiger partial charge in [0.2, 0.25) is 0 Å². The third-order valence-electron chi connectivity index (χ3n) is 10.3. The van der Waals surface area contributed by atoms with E-state index in [1.165, 1.54) is 12.5 Å². The summed E-state index contributed by atoms with van der Waals surface area (Å²) in [5.74, 6) is -0.138. The van der Waals surface area contributed by atoms with Crippen LogP contribution in [0.2, 0.25) is 0 Å². The normalized spacial score (nSPS) is 47.6. The smallest absolute Gasteiger partial charge is 0.351 e. The molecule has 182 valence electrons. The average molecular weight is 460 g/mol. The summed E-state index contributed by atoms with van der Waals surface area (Å²) >= 11 is 0. The van der Waals surface area contributed by atoms with E-state index in [1.807, 2.05) is 0 Å². The van der Waals surface area contributed by atoms with Crippen molar-refractivity contribution in [2.75, 3.05) is 6.61 Å². The van der Waals surface area contributed by atoms with E-state index in [0.29, 0.717) is 24.2 Å². The number of hydrogen-bond acceptors (Lipinski definition) is 6. The Morgan fingerprint density at radius 1 is 1.12 bits per heavy atom. The first-order chi connectivity index (χ1) is 15.6. The minimum Gasteiger partial charge on any atom is -0.463 e. The maximum atomic E-state index is 12.9. The number of primary amides is 1. The van der Waals surface area contributed by atoms with Gasteiger partial charge in [-0.05, 0) is 75.0 Å². The number of rotatable bonds is 4. The highest BCUT2D eigenvalue weighted by molar-refractivity contribution is 6.10. The molecule has 1 saturated heterocycles. The highest BCUT2D eigenvalue weighted by Gasteiger charge is 2.88. The van der Waals surface area contributed by atoms with Gasteiger partial charge in [-0.2, -0.15) is 0 Å². The SMILES string of the molecule is CCOC(=O)[C@@]1(C(N)=O)O[C@@]12CC[C@H]1[C@H]3CC=C4C[C@@H](OC(C)=O)CC[C@]4(C)[C@@H]3CC[C@@]12C. The maximum absolute atomic E-state index is 12.9. The largest absolute Gasteiger partial charge is 0.463 e. The molecule has 0 aromatic heterocycles. The van der Waals surface area contributed by atoms with Gasteiger partial charge in [0.1, 0.15) is 11.7 Å². The zero-order chi connectivity index (χ0) is 23.8. The van der Waals surface area contributed by atoms with Crippen LogP contribution in [0.1, 0.15) is 79.1 Å². The van der Waals surface area contributed by atoms with Gasteiger partial charge < -0.3 is 19.9 Å². The Kier molecular flexibility index (Phi) is 5.06. The van der Waals surface area contributed by atoms with Gasteiger partial charge in [0, 0.05) is 18.8 Å². The molecule has 1 spiro atoms. The van der Waals surface area contributed by atoms with Crippen molar-refractivity contribution in [1.29, 1.82) is 0 Å². The van der Waals surface area contributed by atoms with Gasteiger partial charge in [0.25, 0.3) is 11.5 Å². The topological polar surface area (TPSA) is 108 Å². The fourth-order valence-corrected chi connectivity index (χ4v) is 8.73. The molecule has 7 heteroatoms. The number of fused-ring (bicyclic) bond motifs is 6. The molecule has 5 aliphatic rings. The lowest BCUT2D eigenvalue weighted by molar-refractivity contribution is -0.153. The standard InChI is InChI=1S/C26H37NO6/c1-5-31-22(30)26(21(27)29)25(33-26)13-10-20-18-7-6-16-14-17(32-15(2)28)8-11-23(16,3)19(18)9-12-24(20,25)4/h6,17-20H,5,7-14H2,1-4H3,(H2,27,29)/t17-,18-,19+,20-,23-,24-,25+,26+/m0/s1. The van der Waals surface area contributed by atoms with E-state index < -0.39 is 23.1 Å². The van der Waals surface area contributed by atoms with Crippen molar-refractivity contribution in [2.24, 2.45) is 34.3 Å². The van der Waals surface area contributed by atoms with Crippen LogP contribution in [0, 0.1) is 28.6 Å². The number of amides is 1. The molecule has 33 heavy (non-hydrogen) atoms. The minimum atomic E-state index is -1.64. The second kappa shape index (κ2) is 7.30. The second-order valence-corrected chi connectivity index (χ2v) is 11.4. The number of esters is 2. The molecule has 3 saturated carbocycles. The zero-order valence-electron chi connectivity index (χ0n) is 20.3. The summed E-state index contributed by atoms with van der Waals surface area (Å²) in [6.07, 6.45) is 9.68. The number of nitrogens with two attached hydrogens (primary N) is 1. The van der Waals surface area contributed by atoms with Crippen LogP contribution < -0.4 is 5.73 Å². The van der Waals surface area contributed by atoms with Gasteiger partial charge in [0.05, 0.1) is 6.61 Å². The molecule has 4 fully saturated rings. The first-order valence-electron chi connectivity index (χ1n) is 12.6. The predicted molar refractivity (Wildman–Crippen MR) is 120 cm³/mol. The molecule has 4 aliphatic carbocycles. The van der Waals surface area contributed by atoms with Gasteiger partial charge in [-0.1, -0.05) is 25.5 Å². The Morgan fingerprint density at radius 2 is 1.85 bits per heavy atom. The van der Waals surface area contributed by atoms with E-state index in [1.54, 1.807) is 6.92 Å². The summed E-state index contributed by atoms with van der Waals surface area (Å²) in [7, 11) is 0. The maximum Gasteiger partial charge on any atom is 0.351 e. The van der Waals surface area contributed by atoms with E-state index in [9.17, 15) is 14.4 Å². The van der Waals surface area contributed by atoms with Gasteiger partial charge in [-0.25, -0.2) is 4.79 Å². The number of ether oxygens (including phenoxy) is 3. The Morgan fingerprint density at radius 3 is 2.52 bits per heavy atom. The molecule has 0 radical (unpaired) electrons. The lowest BCUT2D eigenvalue weighted by atomic mass is 9.47. The lowest BCUT2D eigenvalue weighted by Crippen LogP contribution is -2.56. The molecule has 0 aromatic rings. The monoisotopic (exact) mass is 459 g/mol. The molecule has 8 atom stereocenters. The van der Waals surface area contributed by atoms with Gasteiger partial charge in [-0.3, -0.25) is 9.59 Å². The van der Waals surface area contributed by atoms with Crippen molar-refractivity contribution in [3.8, 4) is 0 Å². The van der Waals surface area contributed by atoms with E-state index >= 15 is 0 Å². The molecular formula is C26H37NO6. The molecule has 0 bridgehead atoms. The summed E-state index contributed by atoms with van der Waals surface area (Å²) in [5.41, 5.74) is 4.57. The Bertz CT molecular complexity index is 930. The van der Waals surface area contributed by atoms with Gasteiger partial charge >= 0.3 is 11.9 Å². The lowest BCUT2D eigenvalue weighted by Gasteiger charge is -2.57. The molecular weight excluding hydrogens is 422 g/mol. The van der Waals surface area contributed by atoms with Crippen LogP contribution in [0.3, 0.4) is 0 Å². The number of carbonyl (C=O) groups excluding carboxylic acids is 3. The summed E-state index contributed by atoms with van der Waals surface area (Å²) < 4.78 is 17.0. The zero-order valence-corrected chi connectivity index (χ0v) is 20.3. The number of epoxide rings is 1. The van der Waals surface area contributed by atoms with Crippen molar-refractivity contribution in [2.45, 2.75) is 96.4 Å². The average Bonchev–Trinajstić information content (AvgIpc) is 3.36. The van der Waals surface area contributed by atoms with E-state index in [4.69, 9.17) is 19.9 Å². The molecule has 2 N–H and O–H groups in total. The first kappa shape index (κ1) is 22.9. The summed E-state index contributed by atoms with van der Waals surface area (Å²) in [4.78, 5) is 36.9. The fraction of sp³-hybridized carbons (Fsp3) is 0.808.